The number of likely N-dealkylation sites (tertiary alicyclic amines) is 1. The van der Waals surface area contributed by atoms with E-state index in [-0.39, 0.29) is 24.7 Å². The Kier molecular flexibility index (Phi) is 9.60. The number of aliphatic hydroxyl groups excluding tert-OH is 1. The number of aliphatic hydroxyl groups is 2. The van der Waals surface area contributed by atoms with Gasteiger partial charge in [0.25, 0.3) is 0 Å². The van der Waals surface area contributed by atoms with E-state index in [1.165, 1.54) is 7.11 Å². The van der Waals surface area contributed by atoms with Gasteiger partial charge >= 0.3 is 6.09 Å². The van der Waals surface area contributed by atoms with Gasteiger partial charge in [0.15, 0.2) is 5.75 Å². The number of alkyl carbamates (subject to hydrolysis) is 1. The molecule has 2 amide bonds. The molecule has 2 aromatic carbocycles. The maximum atomic E-state index is 13.4. The molecule has 2 aromatic rings. The number of nitrogens with two attached hydrogens (primary N) is 1. The van der Waals surface area contributed by atoms with Gasteiger partial charge in [0, 0.05) is 36.8 Å². The van der Waals surface area contributed by atoms with E-state index in [0.29, 0.717) is 66.7 Å². The number of carbonyl (C=O) groups is 2. The van der Waals surface area contributed by atoms with Gasteiger partial charge in [-0.25, -0.2) is 4.79 Å². The minimum absolute atomic E-state index is 0.110. The third-order valence-electron chi connectivity index (χ3n) is 7.91. The molecule has 0 radical (unpaired) electrons. The summed E-state index contributed by atoms with van der Waals surface area (Å²) < 4.78 is 11.0. The minimum Gasteiger partial charge on any atom is -0.455 e. The number of amides is 2. The number of piperidine rings is 1. The number of nitrogens with zero attached hydrogens (tertiary/aromatic N) is 1. The van der Waals surface area contributed by atoms with Gasteiger partial charge in [0.1, 0.15) is 5.75 Å². The Morgan fingerprint density at radius 2 is 2.00 bits per heavy atom. The topological polar surface area (TPSA) is 134 Å². The first-order valence-electron chi connectivity index (χ1n) is 13.6. The van der Waals surface area contributed by atoms with Crippen molar-refractivity contribution in [2.24, 2.45) is 17.6 Å². The third kappa shape index (κ3) is 6.54. The maximum absolute atomic E-state index is 13.4. The monoisotopic (exact) mass is 571 g/mol. The van der Waals surface area contributed by atoms with Crippen LogP contribution in [-0.4, -0.2) is 60.0 Å². The third-order valence-corrected chi connectivity index (χ3v) is 8.21. The fourth-order valence-electron chi connectivity index (χ4n) is 5.68. The molecule has 0 aromatic heterocycles. The molecule has 9 nitrogen and oxygen atoms in total. The van der Waals surface area contributed by atoms with Crippen molar-refractivity contribution in [3.05, 3.63) is 70.4 Å². The maximum Gasteiger partial charge on any atom is 0.406 e. The Morgan fingerprint density at radius 1 is 1.23 bits per heavy atom. The Labute approximate surface area is 239 Å². The predicted octanol–water partition coefficient (Wildman–Crippen LogP) is 4.23. The van der Waals surface area contributed by atoms with Gasteiger partial charge in [-0.2, -0.15) is 0 Å². The van der Waals surface area contributed by atoms with E-state index >= 15 is 0 Å². The molecule has 2 aliphatic rings. The predicted molar refractivity (Wildman–Crippen MR) is 152 cm³/mol. The summed E-state index contributed by atoms with van der Waals surface area (Å²) in [6, 6.07) is 12.9. The molecule has 1 aliphatic carbocycles. The number of hydrogen-bond donors (Lipinski definition) is 4. The van der Waals surface area contributed by atoms with E-state index in [9.17, 15) is 19.8 Å². The number of aryl methyl sites for hydroxylation is 1. The molecule has 216 valence electrons. The first-order chi connectivity index (χ1) is 19.1. The summed E-state index contributed by atoms with van der Waals surface area (Å²) >= 11 is 6.67. The largest absolute Gasteiger partial charge is 0.455 e. The van der Waals surface area contributed by atoms with Gasteiger partial charge in [0.2, 0.25) is 5.91 Å². The first-order valence-corrected chi connectivity index (χ1v) is 14.0. The van der Waals surface area contributed by atoms with Gasteiger partial charge in [-0.15, -0.1) is 0 Å². The summed E-state index contributed by atoms with van der Waals surface area (Å²) in [5.74, 6) is 0.0448. The zero-order valence-electron chi connectivity index (χ0n) is 22.9. The van der Waals surface area contributed by atoms with Crippen molar-refractivity contribution in [2.45, 2.75) is 50.7 Å². The molecule has 10 heteroatoms. The molecule has 1 fully saturated rings. The molecule has 1 heterocycles. The number of benzene rings is 2. The number of ether oxygens (including phenoxy) is 2. The van der Waals surface area contributed by atoms with Crippen LogP contribution < -0.4 is 15.8 Å². The van der Waals surface area contributed by atoms with Crippen LogP contribution in [0.4, 0.5) is 4.79 Å². The average molecular weight is 572 g/mol. The molecule has 0 bridgehead atoms. The van der Waals surface area contributed by atoms with Crippen LogP contribution in [0, 0.1) is 18.8 Å². The lowest BCUT2D eigenvalue weighted by Gasteiger charge is -2.44. The van der Waals surface area contributed by atoms with Gasteiger partial charge in [-0.05, 0) is 56.7 Å². The lowest BCUT2D eigenvalue weighted by Crippen LogP contribution is -2.49. The standard InChI is InChI=1S/C30H38ClN3O6/c1-19-8-3-4-12-26(19)40-27-22(10-5-11-23(27)31)30(38,13-7-14-33-29(37)39-2)21-9-6-15-34(18-21)28(36)20-16-24(32)25(35)17-20/h3-5,8,10-12,16,20-21,25,35,38H,6-7,9,13-15,17-18,32H2,1-2H3,(H,33,37)/t20-,21+,25-,30-/m0/s1. The summed E-state index contributed by atoms with van der Waals surface area (Å²) in [4.78, 5) is 26.8. The normalized spacial score (nSPS) is 22.3. The van der Waals surface area contributed by atoms with E-state index in [1.807, 2.05) is 37.3 Å². The van der Waals surface area contributed by atoms with E-state index in [4.69, 9.17) is 22.1 Å². The van der Waals surface area contributed by atoms with E-state index in [0.717, 1.165) is 5.56 Å². The molecule has 5 N–H and O–H groups in total. The molecule has 0 unspecified atom stereocenters. The number of carbonyl (C=O) groups excluding carboxylic acids is 2. The summed E-state index contributed by atoms with van der Waals surface area (Å²) in [6.45, 7) is 3.10. The van der Waals surface area contributed by atoms with Crippen LogP contribution in [0.5, 0.6) is 11.5 Å². The van der Waals surface area contributed by atoms with Gasteiger partial charge in [-0.1, -0.05) is 48.0 Å². The molecule has 0 saturated carbocycles. The Balaban J connectivity index is 1.65. The first kappa shape index (κ1) is 29.7. The molecule has 0 spiro atoms. The van der Waals surface area contributed by atoms with E-state index in [1.54, 1.807) is 23.1 Å². The summed E-state index contributed by atoms with van der Waals surface area (Å²) in [6.07, 6.45) is 2.62. The highest BCUT2D eigenvalue weighted by atomic mass is 35.5. The second-order valence-corrected chi connectivity index (χ2v) is 11.0. The second-order valence-electron chi connectivity index (χ2n) is 10.6. The molecule has 1 aliphatic heterocycles. The zero-order valence-corrected chi connectivity index (χ0v) is 23.7. The fourth-order valence-corrected chi connectivity index (χ4v) is 5.89. The summed E-state index contributed by atoms with van der Waals surface area (Å²) in [5.41, 5.74) is 6.18. The highest BCUT2D eigenvalue weighted by molar-refractivity contribution is 6.32. The Bertz CT molecular complexity index is 1250. The van der Waals surface area contributed by atoms with Gasteiger partial charge in [-0.3, -0.25) is 4.79 Å². The van der Waals surface area contributed by atoms with Crippen LogP contribution in [0.25, 0.3) is 0 Å². The number of methoxy groups -OCH3 is 1. The molecular weight excluding hydrogens is 534 g/mol. The molecule has 1 saturated heterocycles. The smallest absolute Gasteiger partial charge is 0.406 e. The van der Waals surface area contributed by atoms with Crippen molar-refractivity contribution in [2.75, 3.05) is 26.7 Å². The highest BCUT2D eigenvalue weighted by Gasteiger charge is 2.44. The average Bonchev–Trinajstić information content (AvgIpc) is 3.30. The Hall–Kier alpha value is -3.27. The SMILES string of the molecule is COC(=O)NCCC[C@@](O)(c1cccc(Cl)c1Oc1ccccc1C)[C@@H]1CCCN(C(=O)[C@H]2C=C(N)[C@@H](O)C2)C1. The molecule has 40 heavy (non-hydrogen) atoms. The van der Waals surface area contributed by atoms with E-state index in [2.05, 4.69) is 10.1 Å². The van der Waals surface area contributed by atoms with Crippen molar-refractivity contribution in [1.82, 2.24) is 10.2 Å². The molecular formula is C30H38ClN3O6. The van der Waals surface area contributed by atoms with Crippen LogP contribution in [0.3, 0.4) is 0 Å². The number of para-hydroxylation sites is 2. The minimum atomic E-state index is -1.43. The van der Waals surface area contributed by atoms with Crippen molar-refractivity contribution < 1.29 is 29.3 Å². The van der Waals surface area contributed by atoms with Gasteiger partial charge < -0.3 is 35.6 Å². The van der Waals surface area contributed by atoms with Crippen LogP contribution in [-0.2, 0) is 15.1 Å². The van der Waals surface area contributed by atoms with Crippen LogP contribution >= 0.6 is 11.6 Å². The summed E-state index contributed by atoms with van der Waals surface area (Å²) in [5, 5.41) is 25.6. The van der Waals surface area contributed by atoms with Gasteiger partial charge in [0.05, 0.1) is 29.8 Å². The van der Waals surface area contributed by atoms with Crippen molar-refractivity contribution >= 4 is 23.6 Å². The molecule has 4 atom stereocenters. The lowest BCUT2D eigenvalue weighted by atomic mass is 9.73. The van der Waals surface area contributed by atoms with Crippen LogP contribution in [0.15, 0.2) is 54.2 Å². The van der Waals surface area contributed by atoms with E-state index < -0.39 is 23.7 Å². The zero-order chi connectivity index (χ0) is 28.9. The molecule has 4 rings (SSSR count). The van der Waals surface area contributed by atoms with Crippen LogP contribution in [0.1, 0.15) is 43.2 Å². The quantitative estimate of drug-likeness (QED) is 0.331. The highest BCUT2D eigenvalue weighted by Crippen LogP contribution is 2.47. The lowest BCUT2D eigenvalue weighted by molar-refractivity contribution is -0.140. The van der Waals surface area contributed by atoms with Crippen molar-refractivity contribution in [3.8, 4) is 11.5 Å². The number of halogens is 1. The van der Waals surface area contributed by atoms with Crippen LogP contribution in [0.2, 0.25) is 5.02 Å². The number of hydrogen-bond acceptors (Lipinski definition) is 7. The van der Waals surface area contributed by atoms with Crippen molar-refractivity contribution in [1.29, 1.82) is 0 Å². The summed E-state index contributed by atoms with van der Waals surface area (Å²) in [7, 11) is 1.30. The fraction of sp³-hybridized carbons (Fsp3) is 0.467. The number of nitrogens with one attached hydrogen (secondary N) is 1. The number of rotatable bonds is 9. The van der Waals surface area contributed by atoms with Crippen molar-refractivity contribution in [3.63, 3.8) is 0 Å². The second kappa shape index (κ2) is 12.9. The Morgan fingerprint density at radius 3 is 2.70 bits per heavy atom.